The summed E-state index contributed by atoms with van der Waals surface area (Å²) in [5.41, 5.74) is 0.629. The number of carboxylic acid groups (broad SMARTS) is 1. The van der Waals surface area contributed by atoms with Gasteiger partial charge in [0.05, 0.1) is 13.2 Å². The Morgan fingerprint density at radius 1 is 1.32 bits per heavy atom. The van der Waals surface area contributed by atoms with Crippen LogP contribution in [0.1, 0.15) is 24.9 Å². The molecule has 0 aromatic heterocycles. The van der Waals surface area contributed by atoms with E-state index in [4.69, 9.17) is 33.0 Å². The first-order valence-electron chi connectivity index (χ1n) is 8.21. The third-order valence-electron chi connectivity index (χ3n) is 4.03. The molecule has 0 radical (unpaired) electrons. The number of morpholine rings is 1. The lowest BCUT2D eigenvalue weighted by atomic mass is 10.0. The normalized spacial score (nSPS) is 16.4. The number of ether oxygens (including phenoxy) is 1. The number of carboxylic acids is 1. The predicted molar refractivity (Wildman–Crippen MR) is 96.1 cm³/mol. The van der Waals surface area contributed by atoms with E-state index in [1.54, 1.807) is 18.2 Å². The first-order valence-corrected chi connectivity index (χ1v) is 8.97. The summed E-state index contributed by atoms with van der Waals surface area (Å²) in [5.74, 6) is -1.31. The van der Waals surface area contributed by atoms with E-state index in [-0.39, 0.29) is 12.5 Å². The molecule has 1 aromatic rings. The fraction of sp³-hybridized carbons (Fsp3) is 0.529. The zero-order valence-electron chi connectivity index (χ0n) is 14.1. The van der Waals surface area contributed by atoms with E-state index in [1.165, 1.54) is 4.90 Å². The van der Waals surface area contributed by atoms with Crippen molar-refractivity contribution in [2.45, 2.75) is 19.4 Å². The number of carbonyl (C=O) groups is 2. The standard InChI is InChI=1S/C17H22Cl2N2O4/c1-2-5-21(11-15(22)23)17(24)16(20-6-8-25-9-7-20)13-4-3-12(18)10-14(13)19/h3-4,10,16H,2,5-9,11H2,1H3,(H,22,23). The van der Waals surface area contributed by atoms with Crippen molar-refractivity contribution in [3.63, 3.8) is 0 Å². The molecule has 1 aliphatic heterocycles. The molecule has 8 heteroatoms. The lowest BCUT2D eigenvalue weighted by Crippen LogP contribution is -2.48. The zero-order chi connectivity index (χ0) is 18.4. The van der Waals surface area contributed by atoms with Crippen LogP contribution in [0.3, 0.4) is 0 Å². The largest absolute Gasteiger partial charge is 0.480 e. The summed E-state index contributed by atoms with van der Waals surface area (Å²) in [7, 11) is 0. The molecule has 1 aromatic carbocycles. The van der Waals surface area contributed by atoms with Gasteiger partial charge in [-0.2, -0.15) is 0 Å². The van der Waals surface area contributed by atoms with E-state index in [1.807, 2.05) is 11.8 Å². The molecule has 1 heterocycles. The van der Waals surface area contributed by atoms with Gasteiger partial charge in [0, 0.05) is 29.7 Å². The van der Waals surface area contributed by atoms with E-state index in [0.29, 0.717) is 54.9 Å². The van der Waals surface area contributed by atoms with Crippen molar-refractivity contribution in [1.29, 1.82) is 0 Å². The molecule has 1 amide bonds. The fourth-order valence-corrected chi connectivity index (χ4v) is 3.43. The molecule has 0 spiro atoms. The van der Waals surface area contributed by atoms with Crippen LogP contribution < -0.4 is 0 Å². The number of aliphatic carboxylic acids is 1. The van der Waals surface area contributed by atoms with Crippen molar-refractivity contribution >= 4 is 35.1 Å². The molecule has 6 nitrogen and oxygen atoms in total. The molecule has 0 aliphatic carbocycles. The number of amides is 1. The van der Waals surface area contributed by atoms with Crippen LogP contribution in [0, 0.1) is 0 Å². The van der Waals surface area contributed by atoms with Crippen LogP contribution in [-0.2, 0) is 14.3 Å². The molecule has 2 rings (SSSR count). The van der Waals surface area contributed by atoms with Gasteiger partial charge in [-0.1, -0.05) is 36.2 Å². The smallest absolute Gasteiger partial charge is 0.323 e. The third-order valence-corrected chi connectivity index (χ3v) is 4.60. The average Bonchev–Trinajstić information content (AvgIpc) is 2.57. The highest BCUT2D eigenvalue weighted by molar-refractivity contribution is 6.35. The summed E-state index contributed by atoms with van der Waals surface area (Å²) < 4.78 is 5.37. The van der Waals surface area contributed by atoms with E-state index < -0.39 is 12.0 Å². The number of halogens is 2. The van der Waals surface area contributed by atoms with E-state index in [0.717, 1.165) is 0 Å². The van der Waals surface area contributed by atoms with E-state index >= 15 is 0 Å². The Morgan fingerprint density at radius 3 is 2.56 bits per heavy atom. The van der Waals surface area contributed by atoms with Crippen LogP contribution in [0.15, 0.2) is 18.2 Å². The highest BCUT2D eigenvalue weighted by Gasteiger charge is 2.34. The molecule has 1 unspecified atom stereocenters. The average molecular weight is 389 g/mol. The number of carbonyl (C=O) groups excluding carboxylic acids is 1. The van der Waals surface area contributed by atoms with Crippen LogP contribution >= 0.6 is 23.2 Å². The molecular formula is C17H22Cl2N2O4. The van der Waals surface area contributed by atoms with Crippen LogP contribution in [0.5, 0.6) is 0 Å². The topological polar surface area (TPSA) is 70.1 Å². The zero-order valence-corrected chi connectivity index (χ0v) is 15.6. The van der Waals surface area contributed by atoms with Crippen molar-refractivity contribution in [3.05, 3.63) is 33.8 Å². The summed E-state index contributed by atoms with van der Waals surface area (Å²) in [6.07, 6.45) is 0.670. The highest BCUT2D eigenvalue weighted by atomic mass is 35.5. The van der Waals surface area contributed by atoms with Gasteiger partial charge < -0.3 is 14.7 Å². The molecule has 25 heavy (non-hydrogen) atoms. The Hall–Kier alpha value is -1.34. The van der Waals surface area contributed by atoms with Gasteiger partial charge in [-0.3, -0.25) is 14.5 Å². The molecule has 1 N–H and O–H groups in total. The molecule has 1 aliphatic rings. The van der Waals surface area contributed by atoms with Crippen molar-refractivity contribution in [3.8, 4) is 0 Å². The molecule has 1 fully saturated rings. The van der Waals surface area contributed by atoms with Gasteiger partial charge in [0.15, 0.2) is 0 Å². The Bertz CT molecular complexity index is 621. The number of benzene rings is 1. The van der Waals surface area contributed by atoms with Crippen LogP contribution in [0.4, 0.5) is 0 Å². The first-order chi connectivity index (χ1) is 11.9. The molecule has 138 valence electrons. The number of rotatable bonds is 7. The first kappa shape index (κ1) is 20.0. The lowest BCUT2D eigenvalue weighted by Gasteiger charge is -2.36. The van der Waals surface area contributed by atoms with E-state index in [2.05, 4.69) is 0 Å². The van der Waals surface area contributed by atoms with Gasteiger partial charge >= 0.3 is 5.97 Å². The minimum absolute atomic E-state index is 0.268. The van der Waals surface area contributed by atoms with Crippen molar-refractivity contribution in [2.75, 3.05) is 39.4 Å². The van der Waals surface area contributed by atoms with Crippen LogP contribution in [-0.4, -0.2) is 66.2 Å². The second kappa shape index (κ2) is 9.38. The fourth-order valence-electron chi connectivity index (χ4n) is 2.92. The van der Waals surface area contributed by atoms with Crippen LogP contribution in [0.25, 0.3) is 0 Å². The van der Waals surface area contributed by atoms with Gasteiger partial charge in [0.1, 0.15) is 12.6 Å². The van der Waals surface area contributed by atoms with Gasteiger partial charge in [0.2, 0.25) is 5.91 Å². The second-order valence-electron chi connectivity index (χ2n) is 5.87. The molecule has 1 saturated heterocycles. The van der Waals surface area contributed by atoms with Gasteiger partial charge in [-0.15, -0.1) is 0 Å². The number of hydrogen-bond donors (Lipinski definition) is 1. The molecule has 1 atom stereocenters. The van der Waals surface area contributed by atoms with Gasteiger partial charge in [-0.25, -0.2) is 0 Å². The molecule has 0 bridgehead atoms. The van der Waals surface area contributed by atoms with Crippen molar-refractivity contribution in [1.82, 2.24) is 9.80 Å². The minimum atomic E-state index is -1.04. The monoisotopic (exact) mass is 388 g/mol. The summed E-state index contributed by atoms with van der Waals surface area (Å²) in [6.45, 7) is 4.12. The van der Waals surface area contributed by atoms with Crippen LogP contribution in [0.2, 0.25) is 10.0 Å². The van der Waals surface area contributed by atoms with E-state index in [9.17, 15) is 9.59 Å². The Balaban J connectivity index is 2.38. The summed E-state index contributed by atoms with van der Waals surface area (Å²) in [5, 5.41) is 10.0. The lowest BCUT2D eigenvalue weighted by molar-refractivity contribution is -0.148. The highest BCUT2D eigenvalue weighted by Crippen LogP contribution is 2.32. The van der Waals surface area contributed by atoms with Gasteiger partial charge in [-0.05, 0) is 24.1 Å². The Labute approximate surface area is 157 Å². The predicted octanol–water partition coefficient (Wildman–Crippen LogP) is 2.69. The summed E-state index contributed by atoms with van der Waals surface area (Å²) in [4.78, 5) is 27.7. The maximum atomic E-state index is 13.2. The summed E-state index contributed by atoms with van der Waals surface area (Å²) >= 11 is 12.3. The Morgan fingerprint density at radius 2 is 2.00 bits per heavy atom. The number of nitrogens with zero attached hydrogens (tertiary/aromatic N) is 2. The molecule has 0 saturated carbocycles. The maximum absolute atomic E-state index is 13.2. The maximum Gasteiger partial charge on any atom is 0.323 e. The molecular weight excluding hydrogens is 367 g/mol. The summed E-state index contributed by atoms with van der Waals surface area (Å²) in [6, 6.07) is 4.36. The number of hydrogen-bond acceptors (Lipinski definition) is 4. The van der Waals surface area contributed by atoms with Crippen molar-refractivity contribution < 1.29 is 19.4 Å². The minimum Gasteiger partial charge on any atom is -0.480 e. The SMILES string of the molecule is CCCN(CC(=O)O)C(=O)C(c1ccc(Cl)cc1Cl)N1CCOCC1. The second-order valence-corrected chi connectivity index (χ2v) is 6.71. The Kier molecular flexibility index (Phi) is 7.50. The third kappa shape index (κ3) is 5.31. The quantitative estimate of drug-likeness (QED) is 0.777. The van der Waals surface area contributed by atoms with Crippen molar-refractivity contribution in [2.24, 2.45) is 0 Å². The van der Waals surface area contributed by atoms with Gasteiger partial charge in [0.25, 0.3) is 0 Å².